The largest absolute Gasteiger partial charge is 0.502 e. The van der Waals surface area contributed by atoms with E-state index >= 15 is 0 Å². The third-order valence-electron chi connectivity index (χ3n) is 2.43. The number of hydrogen-bond acceptors (Lipinski definition) is 6. The van der Waals surface area contributed by atoms with Crippen LogP contribution in [0.1, 0.15) is 0 Å². The minimum absolute atomic E-state index is 0.0599. The average Bonchev–Trinajstić information content (AvgIpc) is 2.38. The van der Waals surface area contributed by atoms with Crippen LogP contribution in [0.5, 0.6) is 5.75 Å². The summed E-state index contributed by atoms with van der Waals surface area (Å²) in [6, 6.07) is 9.94. The predicted molar refractivity (Wildman–Crippen MR) is 72.0 cm³/mol. The number of hydrogen-bond donors (Lipinski definition) is 1. The summed E-state index contributed by atoms with van der Waals surface area (Å²) in [6.45, 7) is 0. The van der Waals surface area contributed by atoms with Crippen LogP contribution in [0.3, 0.4) is 0 Å². The molecule has 0 heterocycles. The van der Waals surface area contributed by atoms with Crippen molar-refractivity contribution >= 4 is 23.1 Å². The zero-order valence-corrected chi connectivity index (χ0v) is 10.7. The molecule has 0 amide bonds. The van der Waals surface area contributed by atoms with E-state index in [1.807, 2.05) is 0 Å². The van der Waals surface area contributed by atoms with Crippen molar-refractivity contribution in [3.8, 4) is 5.75 Å². The van der Waals surface area contributed by atoms with Crippen molar-refractivity contribution in [2.45, 2.75) is 9.79 Å². The van der Waals surface area contributed by atoms with Gasteiger partial charge in [0.15, 0.2) is 5.75 Å². The zero-order chi connectivity index (χ0) is 14.7. The van der Waals surface area contributed by atoms with Crippen molar-refractivity contribution in [2.75, 3.05) is 0 Å². The molecule has 0 spiro atoms. The maximum Gasteiger partial charge on any atom is 0.310 e. The molecule has 0 fully saturated rings. The number of nitro benzene ring substituents is 2. The minimum atomic E-state index is -0.700. The van der Waals surface area contributed by atoms with Gasteiger partial charge in [-0.3, -0.25) is 20.2 Å². The van der Waals surface area contributed by atoms with Crippen molar-refractivity contribution in [1.82, 2.24) is 0 Å². The summed E-state index contributed by atoms with van der Waals surface area (Å²) >= 11 is 1.05. The molecule has 0 radical (unpaired) electrons. The van der Waals surface area contributed by atoms with Gasteiger partial charge in [0.25, 0.3) is 5.69 Å². The first kappa shape index (κ1) is 13.8. The normalized spacial score (nSPS) is 10.2. The lowest BCUT2D eigenvalue weighted by atomic mass is 10.3. The van der Waals surface area contributed by atoms with Crippen LogP contribution in [0.15, 0.2) is 52.3 Å². The maximum atomic E-state index is 10.9. The molecular formula is C12H8N2O5S. The van der Waals surface area contributed by atoms with E-state index in [0.29, 0.717) is 9.79 Å². The van der Waals surface area contributed by atoms with E-state index in [9.17, 15) is 25.3 Å². The number of phenolic OH excluding ortho intramolecular Hbond substituents is 1. The zero-order valence-electron chi connectivity index (χ0n) is 9.92. The van der Waals surface area contributed by atoms with Crippen molar-refractivity contribution in [2.24, 2.45) is 0 Å². The molecule has 0 saturated carbocycles. The van der Waals surface area contributed by atoms with Gasteiger partial charge < -0.3 is 5.11 Å². The van der Waals surface area contributed by atoms with Gasteiger partial charge in [-0.05, 0) is 12.1 Å². The maximum absolute atomic E-state index is 10.9. The summed E-state index contributed by atoms with van der Waals surface area (Å²) in [5.41, 5.74) is -0.466. The van der Waals surface area contributed by atoms with Gasteiger partial charge in [-0.2, -0.15) is 0 Å². The molecule has 0 saturated heterocycles. The van der Waals surface area contributed by atoms with Gasteiger partial charge in [-0.15, -0.1) is 0 Å². The highest BCUT2D eigenvalue weighted by Gasteiger charge is 2.17. The van der Waals surface area contributed by atoms with Crippen molar-refractivity contribution in [3.05, 3.63) is 62.7 Å². The van der Waals surface area contributed by atoms with Gasteiger partial charge in [0.1, 0.15) is 0 Å². The van der Waals surface area contributed by atoms with E-state index in [-0.39, 0.29) is 5.69 Å². The molecule has 20 heavy (non-hydrogen) atoms. The van der Waals surface area contributed by atoms with Crippen LogP contribution in [0.4, 0.5) is 11.4 Å². The van der Waals surface area contributed by atoms with Crippen LogP contribution in [-0.2, 0) is 0 Å². The second kappa shape index (κ2) is 5.57. The second-order valence-corrected chi connectivity index (χ2v) is 4.85. The summed E-state index contributed by atoms with van der Waals surface area (Å²) in [5.74, 6) is -0.474. The molecule has 102 valence electrons. The van der Waals surface area contributed by atoms with E-state index in [2.05, 4.69) is 0 Å². The van der Waals surface area contributed by atoms with Crippen molar-refractivity contribution < 1.29 is 15.0 Å². The fourth-order valence-electron chi connectivity index (χ4n) is 1.54. The Morgan fingerprint density at radius 2 is 1.60 bits per heavy atom. The van der Waals surface area contributed by atoms with Crippen LogP contribution in [0, 0.1) is 20.2 Å². The molecule has 8 heteroatoms. The molecule has 2 aromatic carbocycles. The Balaban J connectivity index is 2.34. The van der Waals surface area contributed by atoms with Gasteiger partial charge in [-0.25, -0.2) is 0 Å². The summed E-state index contributed by atoms with van der Waals surface area (Å²) < 4.78 is 0. The topological polar surface area (TPSA) is 107 Å². The molecule has 2 rings (SSSR count). The molecule has 0 bridgehead atoms. The van der Waals surface area contributed by atoms with E-state index < -0.39 is 21.3 Å². The average molecular weight is 292 g/mol. The van der Waals surface area contributed by atoms with Crippen LogP contribution in [0.2, 0.25) is 0 Å². The van der Waals surface area contributed by atoms with Crippen LogP contribution in [-0.4, -0.2) is 15.0 Å². The highest BCUT2D eigenvalue weighted by atomic mass is 32.2. The Morgan fingerprint density at radius 3 is 2.20 bits per heavy atom. The SMILES string of the molecule is O=[N+]([O-])c1ccc(Sc2ccccc2[N+](=O)[O-])cc1O. The van der Waals surface area contributed by atoms with Crippen molar-refractivity contribution in [3.63, 3.8) is 0 Å². The van der Waals surface area contributed by atoms with Crippen LogP contribution < -0.4 is 0 Å². The van der Waals surface area contributed by atoms with E-state index in [0.717, 1.165) is 17.8 Å². The molecule has 0 aromatic heterocycles. The first-order valence-corrected chi connectivity index (χ1v) is 6.19. The lowest BCUT2D eigenvalue weighted by Crippen LogP contribution is -1.90. The highest BCUT2D eigenvalue weighted by molar-refractivity contribution is 7.99. The number of benzene rings is 2. The summed E-state index contributed by atoms with van der Waals surface area (Å²) in [7, 11) is 0. The summed E-state index contributed by atoms with van der Waals surface area (Å²) in [5, 5.41) is 31.0. The molecule has 0 aliphatic heterocycles. The first-order valence-electron chi connectivity index (χ1n) is 5.37. The quantitative estimate of drug-likeness (QED) is 0.684. The number of para-hydroxylation sites is 1. The Labute approximate surface area is 117 Å². The summed E-state index contributed by atoms with van der Waals surface area (Å²) in [6.07, 6.45) is 0. The third kappa shape index (κ3) is 2.86. The van der Waals surface area contributed by atoms with Crippen LogP contribution in [0.25, 0.3) is 0 Å². The lowest BCUT2D eigenvalue weighted by Gasteiger charge is -2.03. The van der Waals surface area contributed by atoms with Crippen molar-refractivity contribution in [1.29, 1.82) is 0 Å². The van der Waals surface area contributed by atoms with E-state index in [1.165, 1.54) is 18.2 Å². The molecule has 0 unspecified atom stereocenters. The minimum Gasteiger partial charge on any atom is -0.502 e. The highest BCUT2D eigenvalue weighted by Crippen LogP contribution is 2.37. The Hall–Kier alpha value is -2.61. The molecule has 2 aromatic rings. The molecule has 0 atom stereocenters. The van der Waals surface area contributed by atoms with E-state index in [4.69, 9.17) is 0 Å². The number of rotatable bonds is 4. The predicted octanol–water partition coefficient (Wildman–Crippen LogP) is 3.36. The Bertz CT molecular complexity index is 689. The van der Waals surface area contributed by atoms with Gasteiger partial charge in [0.2, 0.25) is 0 Å². The number of aromatic hydroxyl groups is 1. The molecule has 0 aliphatic carbocycles. The Morgan fingerprint density at radius 1 is 0.950 bits per heavy atom. The first-order chi connectivity index (χ1) is 9.49. The summed E-state index contributed by atoms with van der Waals surface area (Å²) in [4.78, 5) is 21.1. The molecule has 0 aliphatic rings. The molecule has 1 N–H and O–H groups in total. The smallest absolute Gasteiger partial charge is 0.310 e. The lowest BCUT2D eigenvalue weighted by molar-refractivity contribution is -0.387. The van der Waals surface area contributed by atoms with Gasteiger partial charge in [0, 0.05) is 23.1 Å². The van der Waals surface area contributed by atoms with Gasteiger partial charge in [-0.1, -0.05) is 23.9 Å². The van der Waals surface area contributed by atoms with Crippen LogP contribution >= 0.6 is 11.8 Å². The number of nitro groups is 2. The second-order valence-electron chi connectivity index (χ2n) is 3.73. The monoisotopic (exact) mass is 292 g/mol. The third-order valence-corrected chi connectivity index (χ3v) is 3.49. The van der Waals surface area contributed by atoms with E-state index in [1.54, 1.807) is 18.2 Å². The molecular weight excluding hydrogens is 284 g/mol. The number of nitrogens with zero attached hydrogens (tertiary/aromatic N) is 2. The van der Waals surface area contributed by atoms with Gasteiger partial charge in [0.05, 0.1) is 14.7 Å². The standard InChI is InChI=1S/C12H8N2O5S/c15-11-7-8(5-6-9(11)13(16)17)20-12-4-2-1-3-10(12)14(18)19/h1-7,15H. The Kier molecular flexibility index (Phi) is 3.85. The molecule has 7 nitrogen and oxygen atoms in total. The number of phenols is 1. The fourth-order valence-corrected chi connectivity index (χ4v) is 2.50. The fraction of sp³-hybridized carbons (Fsp3) is 0. The van der Waals surface area contributed by atoms with Gasteiger partial charge >= 0.3 is 5.69 Å².